The maximum absolute atomic E-state index is 12.7. The predicted octanol–water partition coefficient (Wildman–Crippen LogP) is 3.50. The molecule has 134 valence electrons. The lowest BCUT2D eigenvalue weighted by molar-refractivity contribution is -0.132. The van der Waals surface area contributed by atoms with Crippen molar-refractivity contribution < 1.29 is 14.1 Å². The summed E-state index contributed by atoms with van der Waals surface area (Å²) < 4.78 is 10.4. The van der Waals surface area contributed by atoms with Gasteiger partial charge in [-0.1, -0.05) is 31.1 Å². The van der Waals surface area contributed by atoms with E-state index in [1.54, 1.807) is 7.11 Å². The maximum Gasteiger partial charge on any atom is 0.227 e. The van der Waals surface area contributed by atoms with Crippen LogP contribution in [0.15, 0.2) is 28.8 Å². The molecule has 0 radical (unpaired) electrons. The van der Waals surface area contributed by atoms with Gasteiger partial charge in [0, 0.05) is 25.3 Å². The summed E-state index contributed by atoms with van der Waals surface area (Å²) in [6.45, 7) is 4.84. The number of amides is 1. The van der Waals surface area contributed by atoms with E-state index in [-0.39, 0.29) is 17.9 Å². The summed E-state index contributed by atoms with van der Waals surface area (Å²) in [7, 11) is 1.66. The molecule has 0 saturated carbocycles. The summed E-state index contributed by atoms with van der Waals surface area (Å²) in [6.07, 6.45) is 2.91. The molecular weight excluding hydrogens is 318 g/mol. The van der Waals surface area contributed by atoms with Crippen LogP contribution < -0.4 is 4.74 Å². The molecule has 1 aliphatic heterocycles. The predicted molar refractivity (Wildman–Crippen MR) is 93.4 cm³/mol. The summed E-state index contributed by atoms with van der Waals surface area (Å²) in [5.74, 6) is 2.43. The van der Waals surface area contributed by atoms with Crippen molar-refractivity contribution >= 4 is 5.91 Å². The number of nitrogens with zero attached hydrogens (tertiary/aromatic N) is 3. The summed E-state index contributed by atoms with van der Waals surface area (Å²) in [5, 5.41) is 3.95. The molecule has 1 aromatic heterocycles. The standard InChI is InChI=1S/C19H25N3O3/c1-13(2)19-20-17(25-21-19)10-11-18(23)22-12-4-5-16(22)14-6-8-15(24-3)9-7-14/h6-9,13,16H,4-5,10-12H2,1-3H3/t16-/m1/s1. The molecule has 0 bridgehead atoms. The fourth-order valence-corrected chi connectivity index (χ4v) is 3.20. The van der Waals surface area contributed by atoms with E-state index in [2.05, 4.69) is 10.1 Å². The molecule has 0 unspecified atom stereocenters. The van der Waals surface area contributed by atoms with Crippen LogP contribution in [0.5, 0.6) is 5.75 Å². The van der Waals surface area contributed by atoms with Crippen molar-refractivity contribution in [1.82, 2.24) is 15.0 Å². The molecule has 2 heterocycles. The quantitative estimate of drug-likeness (QED) is 0.803. The SMILES string of the molecule is COc1ccc([C@H]2CCCN2C(=O)CCc2nc(C(C)C)no2)cc1. The maximum atomic E-state index is 12.7. The number of likely N-dealkylation sites (tertiary alicyclic amines) is 1. The molecule has 1 saturated heterocycles. The monoisotopic (exact) mass is 343 g/mol. The van der Waals surface area contributed by atoms with Crippen molar-refractivity contribution in [1.29, 1.82) is 0 Å². The lowest BCUT2D eigenvalue weighted by Crippen LogP contribution is -2.30. The molecule has 0 spiro atoms. The molecule has 0 N–H and O–H groups in total. The first-order valence-electron chi connectivity index (χ1n) is 8.84. The molecule has 0 aliphatic carbocycles. The van der Waals surface area contributed by atoms with E-state index >= 15 is 0 Å². The third-order valence-electron chi connectivity index (χ3n) is 4.63. The number of aromatic nitrogens is 2. The van der Waals surface area contributed by atoms with Gasteiger partial charge in [0.05, 0.1) is 13.2 Å². The Kier molecular flexibility index (Phi) is 5.36. The van der Waals surface area contributed by atoms with Crippen molar-refractivity contribution in [3.8, 4) is 5.75 Å². The third kappa shape index (κ3) is 4.00. The average Bonchev–Trinajstić information content (AvgIpc) is 3.29. The zero-order chi connectivity index (χ0) is 17.8. The van der Waals surface area contributed by atoms with Crippen molar-refractivity contribution in [3.05, 3.63) is 41.5 Å². The normalized spacial score (nSPS) is 17.3. The molecule has 1 fully saturated rings. The molecule has 25 heavy (non-hydrogen) atoms. The number of aryl methyl sites for hydroxylation is 1. The van der Waals surface area contributed by atoms with Crippen molar-refractivity contribution in [2.24, 2.45) is 0 Å². The van der Waals surface area contributed by atoms with E-state index in [0.717, 1.165) is 30.7 Å². The highest BCUT2D eigenvalue weighted by Gasteiger charge is 2.29. The van der Waals surface area contributed by atoms with Gasteiger partial charge in [-0.15, -0.1) is 0 Å². The Balaban J connectivity index is 1.61. The molecule has 3 rings (SSSR count). The van der Waals surface area contributed by atoms with E-state index in [0.29, 0.717) is 24.6 Å². The van der Waals surface area contributed by atoms with Crippen molar-refractivity contribution in [3.63, 3.8) is 0 Å². The minimum atomic E-state index is 0.141. The average molecular weight is 343 g/mol. The topological polar surface area (TPSA) is 68.5 Å². The minimum Gasteiger partial charge on any atom is -0.497 e. The molecule has 1 atom stereocenters. The molecular formula is C19H25N3O3. The number of benzene rings is 1. The largest absolute Gasteiger partial charge is 0.497 e. The van der Waals surface area contributed by atoms with Gasteiger partial charge >= 0.3 is 0 Å². The van der Waals surface area contributed by atoms with Crippen LogP contribution in [0.25, 0.3) is 0 Å². The second-order valence-electron chi connectivity index (χ2n) is 6.72. The summed E-state index contributed by atoms with van der Waals surface area (Å²) in [6, 6.07) is 8.13. The first-order valence-corrected chi connectivity index (χ1v) is 8.84. The van der Waals surface area contributed by atoms with Crippen LogP contribution in [-0.4, -0.2) is 34.6 Å². The van der Waals surface area contributed by atoms with Gasteiger partial charge in [-0.25, -0.2) is 0 Å². The lowest BCUT2D eigenvalue weighted by atomic mass is 10.0. The molecule has 6 heteroatoms. The van der Waals surface area contributed by atoms with E-state index < -0.39 is 0 Å². The summed E-state index contributed by atoms with van der Waals surface area (Å²) in [4.78, 5) is 19.0. The van der Waals surface area contributed by atoms with Gasteiger partial charge in [-0.2, -0.15) is 4.98 Å². The number of hydrogen-bond acceptors (Lipinski definition) is 5. The molecule has 1 amide bonds. The van der Waals surface area contributed by atoms with Crippen LogP contribution in [-0.2, 0) is 11.2 Å². The fourth-order valence-electron chi connectivity index (χ4n) is 3.20. The number of hydrogen-bond donors (Lipinski definition) is 0. The van der Waals surface area contributed by atoms with Crippen LogP contribution in [0, 0.1) is 0 Å². The second-order valence-corrected chi connectivity index (χ2v) is 6.72. The van der Waals surface area contributed by atoms with E-state index in [4.69, 9.17) is 9.26 Å². The van der Waals surface area contributed by atoms with Crippen LogP contribution in [0.2, 0.25) is 0 Å². The summed E-state index contributed by atoms with van der Waals surface area (Å²) in [5.41, 5.74) is 1.16. The fraction of sp³-hybridized carbons (Fsp3) is 0.526. The third-order valence-corrected chi connectivity index (χ3v) is 4.63. The zero-order valence-corrected chi connectivity index (χ0v) is 15.1. The van der Waals surface area contributed by atoms with E-state index in [1.807, 2.05) is 43.0 Å². The van der Waals surface area contributed by atoms with Gasteiger partial charge in [0.2, 0.25) is 11.8 Å². The smallest absolute Gasteiger partial charge is 0.227 e. The Morgan fingerprint density at radius 3 is 2.76 bits per heavy atom. The number of methoxy groups -OCH3 is 1. The zero-order valence-electron chi connectivity index (χ0n) is 15.1. The first-order chi connectivity index (χ1) is 12.1. The molecule has 1 aromatic carbocycles. The Bertz CT molecular complexity index is 709. The van der Waals surface area contributed by atoms with Crippen molar-refractivity contribution in [2.45, 2.75) is 51.5 Å². The van der Waals surface area contributed by atoms with Crippen LogP contribution in [0.3, 0.4) is 0 Å². The number of carbonyl (C=O) groups is 1. The van der Waals surface area contributed by atoms with Gasteiger partial charge in [0.15, 0.2) is 5.82 Å². The molecule has 1 aliphatic rings. The van der Waals surface area contributed by atoms with Crippen LogP contribution >= 0.6 is 0 Å². The summed E-state index contributed by atoms with van der Waals surface area (Å²) >= 11 is 0. The minimum absolute atomic E-state index is 0.141. The Hall–Kier alpha value is -2.37. The van der Waals surface area contributed by atoms with E-state index in [1.165, 1.54) is 0 Å². The lowest BCUT2D eigenvalue weighted by Gasteiger charge is -2.25. The van der Waals surface area contributed by atoms with Crippen molar-refractivity contribution in [2.75, 3.05) is 13.7 Å². The highest BCUT2D eigenvalue weighted by atomic mass is 16.5. The molecule has 2 aromatic rings. The Morgan fingerprint density at radius 1 is 1.36 bits per heavy atom. The van der Waals surface area contributed by atoms with Gasteiger partial charge in [-0.05, 0) is 30.5 Å². The molecule has 6 nitrogen and oxygen atoms in total. The van der Waals surface area contributed by atoms with Gasteiger partial charge in [0.25, 0.3) is 0 Å². The van der Waals surface area contributed by atoms with Gasteiger partial charge in [0.1, 0.15) is 5.75 Å². The highest BCUT2D eigenvalue weighted by Crippen LogP contribution is 2.33. The highest BCUT2D eigenvalue weighted by molar-refractivity contribution is 5.77. The first kappa shape index (κ1) is 17.5. The van der Waals surface area contributed by atoms with Gasteiger partial charge in [-0.3, -0.25) is 4.79 Å². The Morgan fingerprint density at radius 2 is 2.12 bits per heavy atom. The number of carbonyl (C=O) groups excluding carboxylic acids is 1. The van der Waals surface area contributed by atoms with Crippen LogP contribution in [0.4, 0.5) is 0 Å². The Labute approximate surface area is 148 Å². The second kappa shape index (κ2) is 7.68. The van der Waals surface area contributed by atoms with E-state index in [9.17, 15) is 4.79 Å². The number of ether oxygens (including phenoxy) is 1. The van der Waals surface area contributed by atoms with Crippen LogP contribution in [0.1, 0.15) is 62.3 Å². The number of rotatable bonds is 6. The van der Waals surface area contributed by atoms with Gasteiger partial charge < -0.3 is 14.2 Å².